The number of para-hydroxylation sites is 1. The summed E-state index contributed by atoms with van der Waals surface area (Å²) in [7, 11) is 3.05. The summed E-state index contributed by atoms with van der Waals surface area (Å²) in [6, 6.07) is 20.6. The van der Waals surface area contributed by atoms with Crippen LogP contribution in [0.15, 0.2) is 72.3 Å². The summed E-state index contributed by atoms with van der Waals surface area (Å²) in [5, 5.41) is 12.2. The Hall–Kier alpha value is -4.77. The number of rotatable bonds is 9. The maximum Gasteiger partial charge on any atom is 0.266 e. The maximum atomic E-state index is 12.6. The summed E-state index contributed by atoms with van der Waals surface area (Å²) >= 11 is 0. The second kappa shape index (κ2) is 11.2. The number of carbonyl (C=O) groups excluding carboxylic acids is 2. The van der Waals surface area contributed by atoms with Crippen molar-refractivity contribution in [3.05, 3.63) is 89.0 Å². The van der Waals surface area contributed by atoms with Crippen molar-refractivity contribution in [2.75, 3.05) is 19.5 Å². The number of carbonyl (C=O) groups is 2. The molecule has 0 aromatic heterocycles. The molecule has 0 heterocycles. The van der Waals surface area contributed by atoms with E-state index in [1.165, 1.54) is 20.3 Å². The molecule has 3 aromatic rings. The largest absolute Gasteiger partial charge is 0.497 e. The molecule has 3 N–H and O–H groups in total. The monoisotopic (exact) mass is 457 g/mol. The van der Waals surface area contributed by atoms with Crippen molar-refractivity contribution in [2.24, 2.45) is 5.73 Å². The summed E-state index contributed by atoms with van der Waals surface area (Å²) in [5.74, 6) is 0.319. The zero-order valence-electron chi connectivity index (χ0n) is 18.7. The van der Waals surface area contributed by atoms with E-state index in [1.54, 1.807) is 66.7 Å². The molecule has 0 aliphatic heterocycles. The molecule has 3 rings (SSSR count). The molecule has 0 aliphatic rings. The van der Waals surface area contributed by atoms with Gasteiger partial charge in [-0.2, -0.15) is 5.26 Å². The highest BCUT2D eigenvalue weighted by atomic mass is 16.5. The number of hydrogen-bond donors (Lipinski definition) is 2. The van der Waals surface area contributed by atoms with Crippen LogP contribution in [-0.2, 0) is 11.4 Å². The van der Waals surface area contributed by atoms with Gasteiger partial charge in [-0.3, -0.25) is 9.59 Å². The molecule has 0 atom stereocenters. The molecule has 0 saturated carbocycles. The van der Waals surface area contributed by atoms with E-state index in [9.17, 15) is 14.9 Å². The van der Waals surface area contributed by atoms with Gasteiger partial charge in [0.25, 0.3) is 11.8 Å². The van der Waals surface area contributed by atoms with E-state index in [2.05, 4.69) is 5.32 Å². The van der Waals surface area contributed by atoms with Crippen LogP contribution < -0.4 is 25.3 Å². The average molecular weight is 457 g/mol. The van der Waals surface area contributed by atoms with Crippen molar-refractivity contribution in [1.29, 1.82) is 5.26 Å². The molecule has 0 spiro atoms. The lowest BCUT2D eigenvalue weighted by atomic mass is 10.1. The van der Waals surface area contributed by atoms with Gasteiger partial charge >= 0.3 is 0 Å². The van der Waals surface area contributed by atoms with Crippen molar-refractivity contribution in [3.8, 4) is 23.3 Å². The highest BCUT2D eigenvalue weighted by molar-refractivity contribution is 6.09. The predicted octanol–water partition coefficient (Wildman–Crippen LogP) is 3.93. The minimum atomic E-state index is -0.597. The van der Waals surface area contributed by atoms with Gasteiger partial charge in [-0.15, -0.1) is 0 Å². The van der Waals surface area contributed by atoms with E-state index in [4.69, 9.17) is 19.9 Å². The number of benzene rings is 3. The Morgan fingerprint density at radius 2 is 1.79 bits per heavy atom. The van der Waals surface area contributed by atoms with Crippen molar-refractivity contribution < 1.29 is 23.8 Å². The van der Waals surface area contributed by atoms with Crippen LogP contribution in [0.4, 0.5) is 5.69 Å². The van der Waals surface area contributed by atoms with Crippen LogP contribution in [0.25, 0.3) is 6.08 Å². The molecular formula is C26H23N3O5. The van der Waals surface area contributed by atoms with Gasteiger partial charge in [0.1, 0.15) is 35.5 Å². The van der Waals surface area contributed by atoms with Crippen LogP contribution in [0.1, 0.15) is 21.5 Å². The molecule has 0 bridgehead atoms. The molecule has 3 aromatic carbocycles. The van der Waals surface area contributed by atoms with Crippen molar-refractivity contribution >= 4 is 23.6 Å². The number of nitrogens with two attached hydrogens (primary N) is 1. The summed E-state index contributed by atoms with van der Waals surface area (Å²) in [5.41, 5.74) is 7.34. The van der Waals surface area contributed by atoms with Crippen LogP contribution in [0, 0.1) is 11.3 Å². The van der Waals surface area contributed by atoms with Gasteiger partial charge in [0, 0.05) is 17.3 Å². The molecule has 34 heavy (non-hydrogen) atoms. The first-order valence-corrected chi connectivity index (χ1v) is 10.2. The lowest BCUT2D eigenvalue weighted by molar-refractivity contribution is -0.112. The molecule has 0 fully saturated rings. The smallest absolute Gasteiger partial charge is 0.266 e. The fourth-order valence-electron chi connectivity index (χ4n) is 3.17. The van der Waals surface area contributed by atoms with Gasteiger partial charge in [0.05, 0.1) is 19.8 Å². The SMILES string of the molecule is COc1cccc(NC(=O)/C(C#N)=C/c2ccc(OC)c(COc3ccccc3C(N)=O)c2)c1. The van der Waals surface area contributed by atoms with Crippen LogP contribution in [0.5, 0.6) is 17.2 Å². The van der Waals surface area contributed by atoms with Gasteiger partial charge in [0.15, 0.2) is 0 Å². The number of ether oxygens (including phenoxy) is 3. The molecule has 0 saturated heterocycles. The third-order valence-electron chi connectivity index (χ3n) is 4.84. The highest BCUT2D eigenvalue weighted by Crippen LogP contribution is 2.25. The van der Waals surface area contributed by atoms with E-state index in [-0.39, 0.29) is 17.7 Å². The number of nitriles is 1. The number of nitrogens with zero attached hydrogens (tertiary/aromatic N) is 1. The lowest BCUT2D eigenvalue weighted by Crippen LogP contribution is -2.13. The number of amides is 2. The number of nitrogens with one attached hydrogen (secondary N) is 1. The summed E-state index contributed by atoms with van der Waals surface area (Å²) < 4.78 is 16.4. The zero-order valence-corrected chi connectivity index (χ0v) is 18.7. The molecule has 0 aliphatic carbocycles. The molecule has 8 heteroatoms. The zero-order chi connectivity index (χ0) is 24.5. The van der Waals surface area contributed by atoms with E-state index < -0.39 is 11.8 Å². The second-order valence-corrected chi connectivity index (χ2v) is 7.08. The van der Waals surface area contributed by atoms with E-state index >= 15 is 0 Å². The Balaban J connectivity index is 1.82. The Bertz CT molecular complexity index is 1280. The fraction of sp³-hybridized carbons (Fsp3) is 0.115. The fourth-order valence-corrected chi connectivity index (χ4v) is 3.17. The summed E-state index contributed by atoms with van der Waals surface area (Å²) in [4.78, 5) is 24.3. The minimum Gasteiger partial charge on any atom is -0.497 e. The summed E-state index contributed by atoms with van der Waals surface area (Å²) in [6.45, 7) is 0.0764. The van der Waals surface area contributed by atoms with Gasteiger partial charge in [-0.05, 0) is 48.0 Å². The molecule has 172 valence electrons. The average Bonchev–Trinajstić information content (AvgIpc) is 2.86. The number of primary amides is 1. The second-order valence-electron chi connectivity index (χ2n) is 7.08. The molecule has 2 amide bonds. The Morgan fingerprint density at radius 1 is 1.00 bits per heavy atom. The Morgan fingerprint density at radius 3 is 2.50 bits per heavy atom. The minimum absolute atomic E-state index is 0.0764. The van der Waals surface area contributed by atoms with Crippen LogP contribution in [0.3, 0.4) is 0 Å². The van der Waals surface area contributed by atoms with Crippen molar-refractivity contribution in [3.63, 3.8) is 0 Å². The lowest BCUT2D eigenvalue weighted by Gasteiger charge is -2.13. The van der Waals surface area contributed by atoms with E-state index in [0.29, 0.717) is 34.1 Å². The topological polar surface area (TPSA) is 124 Å². The first kappa shape index (κ1) is 23.9. The van der Waals surface area contributed by atoms with Gasteiger partial charge < -0.3 is 25.3 Å². The van der Waals surface area contributed by atoms with Gasteiger partial charge in [-0.1, -0.05) is 24.3 Å². The number of anilines is 1. The van der Waals surface area contributed by atoms with Crippen LogP contribution >= 0.6 is 0 Å². The van der Waals surface area contributed by atoms with Gasteiger partial charge in [-0.25, -0.2) is 0 Å². The molecule has 0 unspecified atom stereocenters. The quantitative estimate of drug-likeness (QED) is 0.371. The van der Waals surface area contributed by atoms with Crippen LogP contribution in [-0.4, -0.2) is 26.0 Å². The normalized spacial score (nSPS) is 10.7. The van der Waals surface area contributed by atoms with Crippen LogP contribution in [0.2, 0.25) is 0 Å². The van der Waals surface area contributed by atoms with E-state index in [0.717, 1.165) is 0 Å². The third-order valence-corrected chi connectivity index (χ3v) is 4.84. The third kappa shape index (κ3) is 5.93. The standard InChI is InChI=1S/C26H23N3O5/c1-32-21-7-5-6-20(14-21)29-26(31)18(15-27)12-17-10-11-23(33-2)19(13-17)16-34-24-9-4-3-8-22(24)25(28)30/h3-14H,16H2,1-2H3,(H2,28,30)(H,29,31)/b18-12+. The predicted molar refractivity (Wildman–Crippen MR) is 127 cm³/mol. The Kier molecular flexibility index (Phi) is 7.87. The first-order chi connectivity index (χ1) is 16.4. The Labute approximate surface area is 197 Å². The number of methoxy groups -OCH3 is 2. The molecular weight excluding hydrogens is 434 g/mol. The van der Waals surface area contributed by atoms with Gasteiger partial charge in [0.2, 0.25) is 0 Å². The molecule has 8 nitrogen and oxygen atoms in total. The summed E-state index contributed by atoms with van der Waals surface area (Å²) in [6.07, 6.45) is 1.47. The maximum absolute atomic E-state index is 12.6. The van der Waals surface area contributed by atoms with E-state index in [1.807, 2.05) is 6.07 Å². The molecule has 0 radical (unpaired) electrons. The highest BCUT2D eigenvalue weighted by Gasteiger charge is 2.13. The van der Waals surface area contributed by atoms with Crippen molar-refractivity contribution in [2.45, 2.75) is 6.61 Å². The first-order valence-electron chi connectivity index (χ1n) is 10.2. The van der Waals surface area contributed by atoms with Crippen molar-refractivity contribution in [1.82, 2.24) is 0 Å². The number of hydrogen-bond acceptors (Lipinski definition) is 6.